The summed E-state index contributed by atoms with van der Waals surface area (Å²) in [6.07, 6.45) is -1.58. The van der Waals surface area contributed by atoms with Crippen LogP contribution in [0.2, 0.25) is 0 Å². The van der Waals surface area contributed by atoms with Crippen LogP contribution in [-0.2, 0) is 6.54 Å². The molecule has 3 nitrogen and oxygen atoms in total. The van der Waals surface area contributed by atoms with Crippen molar-refractivity contribution in [2.45, 2.75) is 26.1 Å². The van der Waals surface area contributed by atoms with Crippen molar-refractivity contribution in [2.24, 2.45) is 0 Å². The molecular formula is C10H14F3N3. The third-order valence-corrected chi connectivity index (χ3v) is 1.91. The first kappa shape index (κ1) is 12.6. The van der Waals surface area contributed by atoms with Gasteiger partial charge < -0.3 is 9.88 Å². The van der Waals surface area contributed by atoms with Crippen LogP contribution >= 0.6 is 0 Å². The summed E-state index contributed by atoms with van der Waals surface area (Å²) >= 11 is 0. The third kappa shape index (κ3) is 3.96. The summed E-state index contributed by atoms with van der Waals surface area (Å²) in [6, 6.07) is 0. The quantitative estimate of drug-likeness (QED) is 0.792. The Hall–Kier alpha value is -1.46. The summed E-state index contributed by atoms with van der Waals surface area (Å²) in [5, 5.41) is 2.66. The van der Waals surface area contributed by atoms with Crippen molar-refractivity contribution in [2.75, 3.05) is 11.9 Å². The zero-order valence-corrected chi connectivity index (χ0v) is 9.01. The Morgan fingerprint density at radius 3 is 2.81 bits per heavy atom. The van der Waals surface area contributed by atoms with Gasteiger partial charge in [0.2, 0.25) is 5.95 Å². The van der Waals surface area contributed by atoms with Gasteiger partial charge in [-0.3, -0.25) is 0 Å². The molecule has 0 saturated carbocycles. The topological polar surface area (TPSA) is 29.9 Å². The van der Waals surface area contributed by atoms with E-state index in [2.05, 4.69) is 16.9 Å². The average Bonchev–Trinajstić information content (AvgIpc) is 2.45. The fourth-order valence-electron chi connectivity index (χ4n) is 1.28. The third-order valence-electron chi connectivity index (χ3n) is 1.91. The number of halogens is 3. The van der Waals surface area contributed by atoms with Gasteiger partial charge >= 0.3 is 6.18 Å². The van der Waals surface area contributed by atoms with Gasteiger partial charge in [0.15, 0.2) is 0 Å². The molecule has 1 aromatic heterocycles. The van der Waals surface area contributed by atoms with Crippen LogP contribution in [0.4, 0.5) is 19.1 Å². The van der Waals surface area contributed by atoms with Crippen LogP contribution in [0.5, 0.6) is 0 Å². The maximum Gasteiger partial charge on any atom is 0.390 e. The van der Waals surface area contributed by atoms with E-state index in [1.165, 1.54) is 0 Å². The van der Waals surface area contributed by atoms with Crippen LogP contribution in [-0.4, -0.2) is 22.3 Å². The van der Waals surface area contributed by atoms with E-state index >= 15 is 0 Å². The molecule has 1 aromatic rings. The molecule has 0 aromatic carbocycles. The molecule has 16 heavy (non-hydrogen) atoms. The van der Waals surface area contributed by atoms with E-state index < -0.39 is 12.6 Å². The number of anilines is 1. The summed E-state index contributed by atoms with van der Waals surface area (Å²) < 4.78 is 37.5. The lowest BCUT2D eigenvalue weighted by Crippen LogP contribution is -2.16. The molecule has 0 fully saturated rings. The van der Waals surface area contributed by atoms with E-state index in [1.807, 2.05) is 0 Å². The highest BCUT2D eigenvalue weighted by Gasteiger charge is 2.26. The minimum atomic E-state index is -4.14. The van der Waals surface area contributed by atoms with Crippen LogP contribution < -0.4 is 5.32 Å². The molecular weight excluding hydrogens is 219 g/mol. The fourth-order valence-corrected chi connectivity index (χ4v) is 1.28. The highest BCUT2D eigenvalue weighted by atomic mass is 19.4. The van der Waals surface area contributed by atoms with Crippen molar-refractivity contribution < 1.29 is 13.2 Å². The fraction of sp³-hybridized carbons (Fsp3) is 0.500. The van der Waals surface area contributed by atoms with Crippen molar-refractivity contribution in [3.05, 3.63) is 24.5 Å². The largest absolute Gasteiger partial charge is 0.390 e. The number of aromatic nitrogens is 2. The van der Waals surface area contributed by atoms with Gasteiger partial charge in [-0.1, -0.05) is 6.08 Å². The van der Waals surface area contributed by atoms with Gasteiger partial charge in [0, 0.05) is 19.3 Å². The second kappa shape index (κ2) is 5.05. The van der Waals surface area contributed by atoms with Crippen molar-refractivity contribution in [1.29, 1.82) is 0 Å². The Kier molecular flexibility index (Phi) is 3.98. The molecule has 0 saturated heterocycles. The lowest BCUT2D eigenvalue weighted by molar-refractivity contribution is -0.131. The number of allylic oxidation sites excluding steroid dienone is 1. The van der Waals surface area contributed by atoms with Crippen molar-refractivity contribution in [3.8, 4) is 0 Å². The van der Waals surface area contributed by atoms with Crippen LogP contribution in [0.15, 0.2) is 18.9 Å². The van der Waals surface area contributed by atoms with Crippen molar-refractivity contribution in [1.82, 2.24) is 9.55 Å². The SMILES string of the molecule is C=CCn1cc(C)nc1NCCC(F)(F)F. The summed E-state index contributed by atoms with van der Waals surface area (Å²) in [4.78, 5) is 4.09. The highest BCUT2D eigenvalue weighted by molar-refractivity contribution is 5.29. The molecule has 0 radical (unpaired) electrons. The van der Waals surface area contributed by atoms with Gasteiger partial charge in [-0.25, -0.2) is 4.98 Å². The Bertz CT molecular complexity index is 355. The minimum absolute atomic E-state index is 0.170. The molecule has 1 heterocycles. The summed E-state index contributed by atoms with van der Waals surface area (Å²) in [5.74, 6) is 0.446. The number of aryl methyl sites for hydroxylation is 1. The summed E-state index contributed by atoms with van der Waals surface area (Å²) in [5.41, 5.74) is 0.761. The zero-order chi connectivity index (χ0) is 12.2. The number of imidazole rings is 1. The first-order valence-electron chi connectivity index (χ1n) is 4.87. The number of hydrogen-bond acceptors (Lipinski definition) is 2. The van der Waals surface area contributed by atoms with Crippen LogP contribution in [0.25, 0.3) is 0 Å². The molecule has 6 heteroatoms. The van der Waals surface area contributed by atoms with Crippen molar-refractivity contribution in [3.63, 3.8) is 0 Å². The van der Waals surface area contributed by atoms with Gasteiger partial charge in [0.25, 0.3) is 0 Å². The predicted octanol–water partition coefficient (Wildman–Crippen LogP) is 2.74. The van der Waals surface area contributed by atoms with Crippen LogP contribution in [0, 0.1) is 6.92 Å². The predicted molar refractivity (Wildman–Crippen MR) is 56.3 cm³/mol. The second-order valence-electron chi connectivity index (χ2n) is 3.44. The Labute approximate surface area is 92.0 Å². The van der Waals surface area contributed by atoms with E-state index in [-0.39, 0.29) is 6.54 Å². The maximum absolute atomic E-state index is 11.9. The Balaban J connectivity index is 2.55. The van der Waals surface area contributed by atoms with Crippen LogP contribution in [0.3, 0.4) is 0 Å². The van der Waals surface area contributed by atoms with Gasteiger partial charge in [-0.2, -0.15) is 13.2 Å². The van der Waals surface area contributed by atoms with Crippen molar-refractivity contribution >= 4 is 5.95 Å². The minimum Gasteiger partial charge on any atom is -0.355 e. The van der Waals surface area contributed by atoms with Gasteiger partial charge in [-0.15, -0.1) is 6.58 Å². The lowest BCUT2D eigenvalue weighted by Gasteiger charge is -2.09. The smallest absolute Gasteiger partial charge is 0.355 e. The maximum atomic E-state index is 11.9. The summed E-state index contributed by atoms with van der Waals surface area (Å²) in [7, 11) is 0. The van der Waals surface area contributed by atoms with Gasteiger partial charge in [0.05, 0.1) is 12.1 Å². The molecule has 0 aliphatic carbocycles. The number of rotatable bonds is 5. The molecule has 0 aliphatic heterocycles. The highest BCUT2D eigenvalue weighted by Crippen LogP contribution is 2.19. The lowest BCUT2D eigenvalue weighted by atomic mass is 10.4. The summed E-state index contributed by atoms with van der Waals surface area (Å²) in [6.45, 7) is 5.71. The van der Waals surface area contributed by atoms with Crippen LogP contribution in [0.1, 0.15) is 12.1 Å². The van der Waals surface area contributed by atoms with Gasteiger partial charge in [-0.05, 0) is 6.92 Å². The molecule has 0 amide bonds. The molecule has 90 valence electrons. The number of nitrogens with zero attached hydrogens (tertiary/aromatic N) is 2. The molecule has 0 spiro atoms. The van der Waals surface area contributed by atoms with Gasteiger partial charge in [0.1, 0.15) is 0 Å². The van der Waals surface area contributed by atoms with E-state index in [0.717, 1.165) is 5.69 Å². The van der Waals surface area contributed by atoms with E-state index in [1.54, 1.807) is 23.8 Å². The number of hydrogen-bond donors (Lipinski definition) is 1. The molecule has 0 bridgehead atoms. The first-order chi connectivity index (χ1) is 7.42. The molecule has 0 unspecified atom stereocenters. The molecule has 1 N–H and O–H groups in total. The number of nitrogens with one attached hydrogen (secondary N) is 1. The molecule has 0 aliphatic rings. The van der Waals surface area contributed by atoms with E-state index in [9.17, 15) is 13.2 Å². The zero-order valence-electron chi connectivity index (χ0n) is 9.01. The van der Waals surface area contributed by atoms with E-state index in [0.29, 0.717) is 12.5 Å². The van der Waals surface area contributed by atoms with E-state index in [4.69, 9.17) is 0 Å². The Morgan fingerprint density at radius 1 is 1.56 bits per heavy atom. The normalized spacial score (nSPS) is 11.5. The average molecular weight is 233 g/mol. The standard InChI is InChI=1S/C10H14F3N3/c1-3-6-16-7-8(2)15-9(16)14-5-4-10(11,12)13/h3,7H,1,4-6H2,2H3,(H,14,15). The molecule has 0 atom stereocenters. The second-order valence-corrected chi connectivity index (χ2v) is 3.44. The first-order valence-corrected chi connectivity index (χ1v) is 4.87. The monoisotopic (exact) mass is 233 g/mol. The molecule has 1 rings (SSSR count). The number of alkyl halides is 3. The Morgan fingerprint density at radius 2 is 2.25 bits per heavy atom.